The van der Waals surface area contributed by atoms with Gasteiger partial charge >= 0.3 is 0 Å². The highest BCUT2D eigenvalue weighted by molar-refractivity contribution is 6.30. The van der Waals surface area contributed by atoms with Crippen LogP contribution in [0.2, 0.25) is 5.02 Å². The van der Waals surface area contributed by atoms with Crippen molar-refractivity contribution in [2.75, 3.05) is 18.0 Å². The van der Waals surface area contributed by atoms with Crippen molar-refractivity contribution in [3.63, 3.8) is 0 Å². The molecule has 1 aliphatic heterocycles. The Morgan fingerprint density at radius 2 is 2.12 bits per heavy atom. The van der Waals surface area contributed by atoms with E-state index in [1.165, 1.54) is 0 Å². The van der Waals surface area contributed by atoms with Crippen molar-refractivity contribution in [1.29, 1.82) is 0 Å². The molecule has 1 amide bonds. The Bertz CT molecular complexity index is 727. The second-order valence-corrected chi connectivity index (χ2v) is 7.10. The minimum absolute atomic E-state index is 0.0583. The summed E-state index contributed by atoms with van der Waals surface area (Å²) in [7, 11) is 0. The molecule has 2 unspecified atom stereocenters. The van der Waals surface area contributed by atoms with Crippen LogP contribution < -0.4 is 10.2 Å². The third kappa shape index (κ3) is 3.00. The summed E-state index contributed by atoms with van der Waals surface area (Å²) in [5.41, 5.74) is 3.35. The summed E-state index contributed by atoms with van der Waals surface area (Å²) in [5, 5.41) is 11.1. The molecule has 6 heteroatoms. The van der Waals surface area contributed by atoms with Gasteiger partial charge in [-0.2, -0.15) is 5.10 Å². The van der Waals surface area contributed by atoms with Crippen LogP contribution in [0, 0.1) is 0 Å². The number of amides is 1. The number of nitrogens with one attached hydrogen (secondary N) is 2. The summed E-state index contributed by atoms with van der Waals surface area (Å²) < 4.78 is 0. The lowest BCUT2D eigenvalue weighted by molar-refractivity contribution is -0.123. The van der Waals surface area contributed by atoms with E-state index in [0.29, 0.717) is 0 Å². The molecular weight excluding hydrogens is 324 g/mol. The van der Waals surface area contributed by atoms with Crippen molar-refractivity contribution in [2.24, 2.45) is 0 Å². The Kier molecular flexibility index (Phi) is 4.19. The molecule has 0 saturated carbocycles. The molecular formula is C18H21ClN4O. The molecule has 126 valence electrons. The topological polar surface area (TPSA) is 61.0 Å². The molecule has 1 aromatic heterocycles. The smallest absolute Gasteiger partial charge is 0.227 e. The van der Waals surface area contributed by atoms with Gasteiger partial charge < -0.3 is 10.2 Å². The molecule has 24 heavy (non-hydrogen) atoms. The normalized spacial score (nSPS) is 23.1. The molecule has 1 fully saturated rings. The maximum absolute atomic E-state index is 12.7. The molecule has 0 spiro atoms. The number of H-pyrrole nitrogens is 1. The average molecular weight is 345 g/mol. The number of carbonyl (C=O) groups excluding carboxylic acids is 1. The first-order valence-corrected chi connectivity index (χ1v) is 8.91. The number of rotatable bonds is 3. The lowest BCUT2D eigenvalue weighted by Crippen LogP contribution is -2.40. The van der Waals surface area contributed by atoms with Crippen LogP contribution in [0.25, 0.3) is 0 Å². The van der Waals surface area contributed by atoms with Gasteiger partial charge in [-0.3, -0.25) is 9.89 Å². The number of fused-ring (bicyclic) bond motifs is 1. The molecule has 2 aliphatic rings. The summed E-state index contributed by atoms with van der Waals surface area (Å²) >= 11 is 5.95. The summed E-state index contributed by atoms with van der Waals surface area (Å²) in [6, 6.07) is 8.08. The van der Waals surface area contributed by atoms with Gasteiger partial charge in [-0.15, -0.1) is 0 Å². The zero-order chi connectivity index (χ0) is 16.5. The number of halogens is 1. The third-order valence-electron chi connectivity index (χ3n) is 5.09. The number of nitrogens with zero attached hydrogens (tertiary/aromatic N) is 2. The van der Waals surface area contributed by atoms with Gasteiger partial charge in [0.25, 0.3) is 0 Å². The van der Waals surface area contributed by atoms with Crippen molar-refractivity contribution in [3.05, 3.63) is 46.7 Å². The van der Waals surface area contributed by atoms with Gasteiger partial charge in [0.1, 0.15) is 0 Å². The number of hydrogen-bond donors (Lipinski definition) is 2. The van der Waals surface area contributed by atoms with Crippen molar-refractivity contribution in [3.8, 4) is 0 Å². The average Bonchev–Trinajstić information content (AvgIpc) is 3.24. The fourth-order valence-corrected chi connectivity index (χ4v) is 3.93. The molecule has 2 atom stereocenters. The van der Waals surface area contributed by atoms with Crippen molar-refractivity contribution < 1.29 is 4.79 Å². The lowest BCUT2D eigenvalue weighted by Gasteiger charge is -2.24. The van der Waals surface area contributed by atoms with Crippen LogP contribution in [-0.4, -0.2) is 35.2 Å². The Morgan fingerprint density at radius 3 is 2.96 bits per heavy atom. The summed E-state index contributed by atoms with van der Waals surface area (Å²) in [5.74, 6) is 0.0809. The van der Waals surface area contributed by atoms with Crippen LogP contribution >= 0.6 is 11.6 Å². The number of aromatic nitrogens is 2. The van der Waals surface area contributed by atoms with Crippen LogP contribution in [0.1, 0.15) is 36.4 Å². The molecule has 5 nitrogen and oxygen atoms in total. The highest BCUT2D eigenvalue weighted by Gasteiger charge is 2.31. The van der Waals surface area contributed by atoms with E-state index in [2.05, 4.69) is 20.4 Å². The molecule has 2 N–H and O–H groups in total. The van der Waals surface area contributed by atoms with E-state index in [0.717, 1.165) is 60.7 Å². The molecule has 1 saturated heterocycles. The van der Waals surface area contributed by atoms with Crippen molar-refractivity contribution >= 4 is 23.2 Å². The molecule has 4 rings (SSSR count). The fraction of sp³-hybridized carbons (Fsp3) is 0.444. The number of carbonyl (C=O) groups is 1. The summed E-state index contributed by atoms with van der Waals surface area (Å²) in [4.78, 5) is 15.0. The van der Waals surface area contributed by atoms with E-state index in [9.17, 15) is 4.79 Å². The Balaban J connectivity index is 1.39. The Hall–Kier alpha value is -2.01. The summed E-state index contributed by atoms with van der Waals surface area (Å²) in [6.45, 7) is 1.80. The second kappa shape index (κ2) is 6.48. The molecule has 2 heterocycles. The van der Waals surface area contributed by atoms with Crippen molar-refractivity contribution in [2.45, 2.75) is 37.6 Å². The molecule has 0 radical (unpaired) electrons. The van der Waals surface area contributed by atoms with Gasteiger partial charge in [-0.05, 0) is 49.9 Å². The largest absolute Gasteiger partial charge is 0.369 e. The van der Waals surface area contributed by atoms with E-state index in [1.54, 1.807) is 0 Å². The zero-order valence-corrected chi connectivity index (χ0v) is 14.2. The predicted octanol–water partition coefficient (Wildman–Crippen LogP) is 2.88. The quantitative estimate of drug-likeness (QED) is 0.900. The molecule has 1 aliphatic carbocycles. The Morgan fingerprint density at radius 1 is 1.29 bits per heavy atom. The predicted molar refractivity (Wildman–Crippen MR) is 94.5 cm³/mol. The number of hydrogen-bond acceptors (Lipinski definition) is 3. The maximum Gasteiger partial charge on any atom is 0.227 e. The standard InChI is InChI=1S/C18H21ClN4O/c19-12-4-6-14(7-5-12)23-9-8-13(11-23)21-18(24)15-2-1-3-17-16(15)10-20-22-17/h4-7,10,13,15H,1-3,8-9,11H2,(H,20,22)(H,21,24). The Labute approximate surface area is 146 Å². The zero-order valence-electron chi connectivity index (χ0n) is 13.5. The van der Waals surface area contributed by atoms with Gasteiger partial charge in [0.2, 0.25) is 5.91 Å². The molecule has 0 bridgehead atoms. The number of anilines is 1. The SMILES string of the molecule is O=C(NC1CCN(c2ccc(Cl)cc2)C1)C1CCCc2[nH]ncc21. The first-order valence-electron chi connectivity index (χ1n) is 8.54. The van der Waals surface area contributed by atoms with Crippen LogP contribution in [0.4, 0.5) is 5.69 Å². The number of aryl methyl sites for hydroxylation is 1. The van der Waals surface area contributed by atoms with E-state index in [4.69, 9.17) is 11.6 Å². The first kappa shape index (κ1) is 15.5. The minimum Gasteiger partial charge on any atom is -0.369 e. The van der Waals surface area contributed by atoms with Gasteiger partial charge in [0.15, 0.2) is 0 Å². The van der Waals surface area contributed by atoms with Crippen LogP contribution in [0.15, 0.2) is 30.5 Å². The van der Waals surface area contributed by atoms with Gasteiger partial charge in [-0.25, -0.2) is 0 Å². The third-order valence-corrected chi connectivity index (χ3v) is 5.34. The molecule has 2 aromatic rings. The maximum atomic E-state index is 12.7. The lowest BCUT2D eigenvalue weighted by atomic mass is 9.86. The van der Waals surface area contributed by atoms with Crippen LogP contribution in [0.5, 0.6) is 0 Å². The highest BCUT2D eigenvalue weighted by Crippen LogP contribution is 2.31. The first-order chi connectivity index (χ1) is 11.7. The minimum atomic E-state index is -0.0583. The van der Waals surface area contributed by atoms with Crippen molar-refractivity contribution in [1.82, 2.24) is 15.5 Å². The molecule has 1 aromatic carbocycles. The van der Waals surface area contributed by atoms with Gasteiger partial charge in [0.05, 0.1) is 12.1 Å². The number of aromatic amines is 1. The van der Waals surface area contributed by atoms with Crippen LogP contribution in [0.3, 0.4) is 0 Å². The number of benzene rings is 1. The van der Waals surface area contributed by atoms with E-state index in [-0.39, 0.29) is 17.9 Å². The second-order valence-electron chi connectivity index (χ2n) is 6.67. The monoisotopic (exact) mass is 344 g/mol. The van der Waals surface area contributed by atoms with E-state index >= 15 is 0 Å². The van der Waals surface area contributed by atoms with Gasteiger partial charge in [0, 0.05) is 41.1 Å². The van der Waals surface area contributed by atoms with Crippen LogP contribution in [-0.2, 0) is 11.2 Å². The summed E-state index contributed by atoms with van der Waals surface area (Å²) in [6.07, 6.45) is 5.72. The van der Waals surface area contributed by atoms with E-state index < -0.39 is 0 Å². The van der Waals surface area contributed by atoms with E-state index in [1.807, 2.05) is 30.5 Å². The highest BCUT2D eigenvalue weighted by atomic mass is 35.5. The fourth-order valence-electron chi connectivity index (χ4n) is 3.80. The van der Waals surface area contributed by atoms with Gasteiger partial charge in [-0.1, -0.05) is 11.6 Å².